The number of nitrogens with zero attached hydrogens (tertiary/aromatic N) is 3. The molecule has 1 saturated heterocycles. The summed E-state index contributed by atoms with van der Waals surface area (Å²) in [5.74, 6) is -2.30. The van der Waals surface area contributed by atoms with Crippen LogP contribution in [0.4, 0.5) is 19.2 Å². The minimum atomic E-state index is -1.03. The van der Waals surface area contributed by atoms with E-state index < -0.39 is 23.8 Å². The molecule has 1 aliphatic heterocycles. The molecule has 1 aliphatic rings. The summed E-state index contributed by atoms with van der Waals surface area (Å²) in [5.41, 5.74) is 0.215. The first-order valence-corrected chi connectivity index (χ1v) is 7.85. The van der Waals surface area contributed by atoms with Gasteiger partial charge in [-0.2, -0.15) is 0 Å². The van der Waals surface area contributed by atoms with Gasteiger partial charge in [0.2, 0.25) is 11.8 Å². The first-order valence-electron chi connectivity index (χ1n) is 7.85. The number of hydrogen-bond donors (Lipinski definition) is 1. The number of amides is 1. The van der Waals surface area contributed by atoms with Crippen molar-refractivity contribution in [3.8, 4) is 11.5 Å². The van der Waals surface area contributed by atoms with Gasteiger partial charge in [-0.1, -0.05) is 5.10 Å². The lowest BCUT2D eigenvalue weighted by Crippen LogP contribution is -2.43. The third-order valence-corrected chi connectivity index (χ3v) is 4.11. The zero-order chi connectivity index (χ0) is 18.1. The highest BCUT2D eigenvalue weighted by atomic mass is 19.2. The van der Waals surface area contributed by atoms with Gasteiger partial charge in [0.15, 0.2) is 11.6 Å². The predicted molar refractivity (Wildman–Crippen MR) is 83.4 cm³/mol. The molecule has 1 amide bonds. The summed E-state index contributed by atoms with van der Waals surface area (Å²) in [6, 6.07) is 2.28. The number of rotatable bonds is 4. The molecular formula is C16H17F3N4O2. The van der Waals surface area contributed by atoms with Gasteiger partial charge in [0.25, 0.3) is 0 Å². The van der Waals surface area contributed by atoms with E-state index in [1.165, 1.54) is 11.0 Å². The van der Waals surface area contributed by atoms with Crippen molar-refractivity contribution in [3.63, 3.8) is 0 Å². The number of anilines is 1. The van der Waals surface area contributed by atoms with Gasteiger partial charge in [-0.15, -0.1) is 5.10 Å². The Bertz CT molecular complexity index is 782. The molecule has 0 saturated carbocycles. The highest BCUT2D eigenvalue weighted by molar-refractivity contribution is 5.84. The Morgan fingerprint density at radius 3 is 2.76 bits per heavy atom. The average molecular weight is 354 g/mol. The molecule has 3 atom stereocenters. The molecule has 134 valence electrons. The molecule has 1 N–H and O–H groups in total. The Labute approximate surface area is 142 Å². The maximum atomic E-state index is 13.4. The van der Waals surface area contributed by atoms with Crippen LogP contribution in [-0.2, 0) is 4.79 Å². The third-order valence-electron chi connectivity index (χ3n) is 4.11. The Kier molecular flexibility index (Phi) is 4.65. The lowest BCUT2D eigenvalue weighted by molar-refractivity contribution is -0.132. The molecule has 2 heterocycles. The molecule has 1 aromatic heterocycles. The van der Waals surface area contributed by atoms with E-state index in [-0.39, 0.29) is 36.0 Å². The summed E-state index contributed by atoms with van der Waals surface area (Å²) < 4.78 is 45.0. The second-order valence-electron chi connectivity index (χ2n) is 6.08. The second kappa shape index (κ2) is 6.73. The van der Waals surface area contributed by atoms with Gasteiger partial charge in [-0.3, -0.25) is 4.79 Å². The van der Waals surface area contributed by atoms with Crippen molar-refractivity contribution in [2.75, 3.05) is 11.9 Å². The van der Waals surface area contributed by atoms with Crippen LogP contribution in [0.15, 0.2) is 22.6 Å². The highest BCUT2D eigenvalue weighted by Crippen LogP contribution is 2.24. The Morgan fingerprint density at radius 2 is 2.12 bits per heavy atom. The van der Waals surface area contributed by atoms with Crippen LogP contribution in [-0.4, -0.2) is 45.8 Å². The van der Waals surface area contributed by atoms with Crippen molar-refractivity contribution in [3.05, 3.63) is 29.8 Å². The van der Waals surface area contributed by atoms with E-state index in [1.807, 2.05) is 0 Å². The summed E-state index contributed by atoms with van der Waals surface area (Å²) in [5, 5.41) is 10.2. The quantitative estimate of drug-likeness (QED) is 0.914. The van der Waals surface area contributed by atoms with E-state index in [1.54, 1.807) is 13.8 Å². The number of alkyl halides is 1. The lowest BCUT2D eigenvalue weighted by atomic mass is 10.2. The fraction of sp³-hybridized carbons (Fsp3) is 0.438. The van der Waals surface area contributed by atoms with Crippen LogP contribution in [0.3, 0.4) is 0 Å². The molecule has 3 rings (SSSR count). The van der Waals surface area contributed by atoms with E-state index in [9.17, 15) is 18.0 Å². The normalized spacial score (nSPS) is 21.4. The molecular weight excluding hydrogens is 337 g/mol. The number of carbonyl (C=O) groups excluding carboxylic acids is 1. The van der Waals surface area contributed by atoms with Crippen molar-refractivity contribution in [1.82, 2.24) is 15.1 Å². The maximum Gasteiger partial charge on any atom is 0.316 e. The number of halogens is 3. The average Bonchev–Trinajstić information content (AvgIpc) is 3.15. The second-order valence-corrected chi connectivity index (χ2v) is 6.08. The van der Waals surface area contributed by atoms with E-state index in [4.69, 9.17) is 4.42 Å². The molecule has 0 spiro atoms. The number of nitrogens with one attached hydrogen (secondary N) is 1. The SMILES string of the molecule is C[C@@H](Nc1nnc(-c2ccc(F)c(F)c2)o1)C(=O)N1C[C@H](F)C[C@@H]1C. The summed E-state index contributed by atoms with van der Waals surface area (Å²) >= 11 is 0. The van der Waals surface area contributed by atoms with Crippen LogP contribution in [0.5, 0.6) is 0 Å². The van der Waals surface area contributed by atoms with Crippen molar-refractivity contribution < 1.29 is 22.4 Å². The molecule has 6 nitrogen and oxygen atoms in total. The molecule has 25 heavy (non-hydrogen) atoms. The minimum Gasteiger partial charge on any atom is -0.403 e. The van der Waals surface area contributed by atoms with Crippen molar-refractivity contribution in [2.45, 2.75) is 38.5 Å². The highest BCUT2D eigenvalue weighted by Gasteiger charge is 2.34. The van der Waals surface area contributed by atoms with Gasteiger partial charge in [-0.05, 0) is 32.0 Å². The van der Waals surface area contributed by atoms with Crippen LogP contribution in [0, 0.1) is 11.6 Å². The molecule has 0 bridgehead atoms. The van der Waals surface area contributed by atoms with Crippen molar-refractivity contribution >= 4 is 11.9 Å². The van der Waals surface area contributed by atoms with Crippen LogP contribution in [0.2, 0.25) is 0 Å². The number of likely N-dealkylation sites (tertiary alicyclic amines) is 1. The fourth-order valence-corrected chi connectivity index (χ4v) is 2.80. The third kappa shape index (κ3) is 3.59. The monoisotopic (exact) mass is 354 g/mol. The first-order chi connectivity index (χ1) is 11.8. The molecule has 2 aromatic rings. The van der Waals surface area contributed by atoms with Crippen LogP contribution >= 0.6 is 0 Å². The summed E-state index contributed by atoms with van der Waals surface area (Å²) in [6.45, 7) is 3.45. The standard InChI is InChI=1S/C16H17F3N4O2/c1-8-5-11(17)7-23(8)15(24)9(2)20-16-22-21-14(25-16)10-3-4-12(18)13(19)6-10/h3-4,6,8-9,11H,5,7H2,1-2H3,(H,20,22)/t8-,9+,11+/m0/s1. The molecule has 0 radical (unpaired) electrons. The Balaban J connectivity index is 1.68. The van der Waals surface area contributed by atoms with Gasteiger partial charge in [0.05, 0.1) is 6.54 Å². The Hall–Kier alpha value is -2.58. The molecule has 0 aliphatic carbocycles. The first kappa shape index (κ1) is 17.2. The van der Waals surface area contributed by atoms with Gasteiger partial charge >= 0.3 is 6.01 Å². The van der Waals surface area contributed by atoms with Crippen LogP contribution in [0.1, 0.15) is 20.3 Å². The van der Waals surface area contributed by atoms with E-state index in [0.29, 0.717) is 6.42 Å². The maximum absolute atomic E-state index is 13.4. The summed E-state index contributed by atoms with van der Waals surface area (Å²) in [6.07, 6.45) is -0.700. The van der Waals surface area contributed by atoms with Gasteiger partial charge < -0.3 is 14.6 Å². The number of hydrogen-bond acceptors (Lipinski definition) is 5. The molecule has 1 aromatic carbocycles. The molecule has 0 unspecified atom stereocenters. The minimum absolute atomic E-state index is 0.0144. The zero-order valence-electron chi connectivity index (χ0n) is 13.7. The zero-order valence-corrected chi connectivity index (χ0v) is 13.7. The van der Waals surface area contributed by atoms with Gasteiger partial charge in [0, 0.05) is 18.0 Å². The van der Waals surface area contributed by atoms with Gasteiger partial charge in [-0.25, -0.2) is 13.2 Å². The Morgan fingerprint density at radius 1 is 1.36 bits per heavy atom. The number of aromatic nitrogens is 2. The smallest absolute Gasteiger partial charge is 0.316 e. The van der Waals surface area contributed by atoms with E-state index >= 15 is 0 Å². The van der Waals surface area contributed by atoms with Crippen LogP contribution in [0.25, 0.3) is 11.5 Å². The molecule has 9 heteroatoms. The number of benzene rings is 1. The number of carbonyl (C=O) groups is 1. The lowest BCUT2D eigenvalue weighted by Gasteiger charge is -2.24. The van der Waals surface area contributed by atoms with E-state index in [2.05, 4.69) is 15.5 Å². The van der Waals surface area contributed by atoms with Crippen molar-refractivity contribution in [2.24, 2.45) is 0 Å². The topological polar surface area (TPSA) is 71.3 Å². The fourth-order valence-electron chi connectivity index (χ4n) is 2.80. The van der Waals surface area contributed by atoms with Crippen molar-refractivity contribution in [1.29, 1.82) is 0 Å². The predicted octanol–water partition coefficient (Wildman–Crippen LogP) is 2.77. The summed E-state index contributed by atoms with van der Waals surface area (Å²) in [4.78, 5) is 13.8. The molecule has 1 fully saturated rings. The van der Waals surface area contributed by atoms with Gasteiger partial charge in [0.1, 0.15) is 12.2 Å². The largest absolute Gasteiger partial charge is 0.403 e. The van der Waals surface area contributed by atoms with Crippen LogP contribution < -0.4 is 5.32 Å². The summed E-state index contributed by atoms with van der Waals surface area (Å²) in [7, 11) is 0. The van der Waals surface area contributed by atoms with E-state index in [0.717, 1.165) is 12.1 Å².